The fourth-order valence-electron chi connectivity index (χ4n) is 1.91. The minimum Gasteiger partial charge on any atom is -0.464 e. The Balaban J connectivity index is 1.72. The highest BCUT2D eigenvalue weighted by atomic mass is 16.5. The first-order valence-corrected chi connectivity index (χ1v) is 7.14. The van der Waals surface area contributed by atoms with E-state index in [1.165, 1.54) is 11.1 Å². The summed E-state index contributed by atoms with van der Waals surface area (Å²) in [5, 5.41) is 3.44. The van der Waals surface area contributed by atoms with Crippen LogP contribution in [0.4, 0.5) is 0 Å². The fourth-order valence-corrected chi connectivity index (χ4v) is 1.91. The largest absolute Gasteiger partial charge is 0.464 e. The zero-order valence-electron chi connectivity index (χ0n) is 11.8. The molecule has 1 unspecified atom stereocenters. The number of carbonyl (C=O) groups is 1. The van der Waals surface area contributed by atoms with Gasteiger partial charge in [-0.15, -0.1) is 0 Å². The predicted molar refractivity (Wildman–Crippen MR) is 75.8 cm³/mol. The van der Waals surface area contributed by atoms with Gasteiger partial charge in [-0.05, 0) is 31.7 Å². The second-order valence-electron chi connectivity index (χ2n) is 5.38. The van der Waals surface area contributed by atoms with Gasteiger partial charge in [-0.3, -0.25) is 4.79 Å². The molecular formula is C16H23NO2. The van der Waals surface area contributed by atoms with E-state index < -0.39 is 0 Å². The molecular weight excluding hydrogens is 238 g/mol. The van der Waals surface area contributed by atoms with Crippen LogP contribution in [0.15, 0.2) is 24.3 Å². The van der Waals surface area contributed by atoms with Gasteiger partial charge in [0, 0.05) is 12.6 Å². The zero-order valence-corrected chi connectivity index (χ0v) is 11.8. The summed E-state index contributed by atoms with van der Waals surface area (Å²) in [6.07, 6.45) is 2.97. The molecule has 104 valence electrons. The summed E-state index contributed by atoms with van der Waals surface area (Å²) in [4.78, 5) is 11.5. The SMILES string of the molecule is CCC(COC(=O)C1CC1)NCc1ccc(C)cc1. The average Bonchev–Trinajstić information content (AvgIpc) is 3.25. The van der Waals surface area contributed by atoms with Gasteiger partial charge in [0.25, 0.3) is 0 Å². The van der Waals surface area contributed by atoms with Gasteiger partial charge in [0.2, 0.25) is 0 Å². The summed E-state index contributed by atoms with van der Waals surface area (Å²) in [6, 6.07) is 8.73. The van der Waals surface area contributed by atoms with Crippen molar-refractivity contribution in [2.45, 2.75) is 45.7 Å². The quantitative estimate of drug-likeness (QED) is 0.767. The highest BCUT2D eigenvalue weighted by Gasteiger charge is 2.31. The van der Waals surface area contributed by atoms with E-state index in [4.69, 9.17) is 4.74 Å². The van der Waals surface area contributed by atoms with E-state index in [2.05, 4.69) is 43.4 Å². The lowest BCUT2D eigenvalue weighted by atomic mass is 10.1. The number of nitrogens with one attached hydrogen (secondary N) is 1. The molecule has 3 heteroatoms. The van der Waals surface area contributed by atoms with Crippen molar-refractivity contribution in [1.82, 2.24) is 5.32 Å². The normalized spacial score (nSPS) is 16.1. The molecule has 1 fully saturated rings. The molecule has 1 aliphatic carbocycles. The molecule has 1 aromatic carbocycles. The standard InChI is InChI=1S/C16H23NO2/c1-3-15(11-19-16(18)14-8-9-14)17-10-13-6-4-12(2)5-7-13/h4-7,14-15,17H,3,8-11H2,1-2H3. The number of aryl methyl sites for hydroxylation is 1. The molecule has 0 amide bonds. The number of hydrogen-bond donors (Lipinski definition) is 1. The molecule has 0 heterocycles. The highest BCUT2D eigenvalue weighted by Crippen LogP contribution is 2.30. The maximum atomic E-state index is 11.5. The third-order valence-corrected chi connectivity index (χ3v) is 3.55. The maximum absolute atomic E-state index is 11.5. The highest BCUT2D eigenvalue weighted by molar-refractivity contribution is 5.74. The van der Waals surface area contributed by atoms with Crippen LogP contribution in [0, 0.1) is 12.8 Å². The topological polar surface area (TPSA) is 38.3 Å². The molecule has 1 aliphatic rings. The Hall–Kier alpha value is -1.35. The van der Waals surface area contributed by atoms with E-state index in [0.717, 1.165) is 25.8 Å². The van der Waals surface area contributed by atoms with Crippen LogP contribution in [-0.2, 0) is 16.1 Å². The van der Waals surface area contributed by atoms with Gasteiger partial charge in [0.05, 0.1) is 5.92 Å². The summed E-state index contributed by atoms with van der Waals surface area (Å²) in [5.74, 6) is 0.171. The second-order valence-corrected chi connectivity index (χ2v) is 5.38. The zero-order chi connectivity index (χ0) is 13.7. The van der Waals surface area contributed by atoms with Gasteiger partial charge < -0.3 is 10.1 Å². The third-order valence-electron chi connectivity index (χ3n) is 3.55. The first-order chi connectivity index (χ1) is 9.19. The van der Waals surface area contributed by atoms with E-state index in [1.807, 2.05) is 0 Å². The average molecular weight is 261 g/mol. The molecule has 0 bridgehead atoms. The molecule has 0 radical (unpaired) electrons. The smallest absolute Gasteiger partial charge is 0.308 e. The minimum absolute atomic E-state index is 0.0180. The van der Waals surface area contributed by atoms with Gasteiger partial charge in [0.15, 0.2) is 0 Å². The van der Waals surface area contributed by atoms with Crippen LogP contribution in [0.2, 0.25) is 0 Å². The number of carbonyl (C=O) groups excluding carboxylic acids is 1. The van der Waals surface area contributed by atoms with Crippen molar-refractivity contribution < 1.29 is 9.53 Å². The minimum atomic E-state index is -0.0180. The van der Waals surface area contributed by atoms with Crippen molar-refractivity contribution in [1.29, 1.82) is 0 Å². The van der Waals surface area contributed by atoms with Crippen LogP contribution in [-0.4, -0.2) is 18.6 Å². The van der Waals surface area contributed by atoms with E-state index in [0.29, 0.717) is 6.61 Å². The molecule has 2 rings (SSSR count). The lowest BCUT2D eigenvalue weighted by Crippen LogP contribution is -2.33. The number of ether oxygens (including phenoxy) is 1. The maximum Gasteiger partial charge on any atom is 0.308 e. The summed E-state index contributed by atoms with van der Waals surface area (Å²) < 4.78 is 5.33. The molecule has 0 saturated heterocycles. The van der Waals surface area contributed by atoms with Gasteiger partial charge in [0.1, 0.15) is 6.61 Å². The summed E-state index contributed by atoms with van der Waals surface area (Å²) in [5.41, 5.74) is 2.53. The number of benzene rings is 1. The number of rotatable bonds is 7. The first-order valence-electron chi connectivity index (χ1n) is 7.14. The summed E-state index contributed by atoms with van der Waals surface area (Å²) >= 11 is 0. The van der Waals surface area contributed by atoms with Crippen molar-refractivity contribution in [3.05, 3.63) is 35.4 Å². The molecule has 1 aromatic rings. The van der Waals surface area contributed by atoms with Crippen LogP contribution < -0.4 is 5.32 Å². The molecule has 1 atom stereocenters. The fraction of sp³-hybridized carbons (Fsp3) is 0.562. The molecule has 1 N–H and O–H groups in total. The van der Waals surface area contributed by atoms with Gasteiger partial charge in [-0.1, -0.05) is 36.8 Å². The molecule has 3 nitrogen and oxygen atoms in total. The Morgan fingerprint density at radius 1 is 1.37 bits per heavy atom. The van der Waals surface area contributed by atoms with Crippen molar-refractivity contribution >= 4 is 5.97 Å². The van der Waals surface area contributed by atoms with Crippen LogP contribution in [0.5, 0.6) is 0 Å². The van der Waals surface area contributed by atoms with Crippen molar-refractivity contribution in [3.8, 4) is 0 Å². The van der Waals surface area contributed by atoms with Gasteiger partial charge in [-0.25, -0.2) is 0 Å². The lowest BCUT2D eigenvalue weighted by Gasteiger charge is -2.17. The monoisotopic (exact) mass is 261 g/mol. The Bertz CT molecular complexity index is 409. The number of esters is 1. The molecule has 0 aromatic heterocycles. The van der Waals surface area contributed by atoms with Crippen molar-refractivity contribution in [3.63, 3.8) is 0 Å². The summed E-state index contributed by atoms with van der Waals surface area (Å²) in [6.45, 7) is 5.50. The van der Waals surface area contributed by atoms with Crippen LogP contribution >= 0.6 is 0 Å². The van der Waals surface area contributed by atoms with Crippen LogP contribution in [0.25, 0.3) is 0 Å². The van der Waals surface area contributed by atoms with Gasteiger partial charge >= 0.3 is 5.97 Å². The number of hydrogen-bond acceptors (Lipinski definition) is 3. The molecule has 19 heavy (non-hydrogen) atoms. The molecule has 1 saturated carbocycles. The lowest BCUT2D eigenvalue weighted by molar-refractivity contribution is -0.145. The first kappa shape index (κ1) is 14.1. The van der Waals surface area contributed by atoms with E-state index in [9.17, 15) is 4.79 Å². The summed E-state index contributed by atoms with van der Waals surface area (Å²) in [7, 11) is 0. The Labute approximate surface area is 115 Å². The van der Waals surface area contributed by atoms with Crippen molar-refractivity contribution in [2.24, 2.45) is 5.92 Å². The van der Waals surface area contributed by atoms with Crippen LogP contribution in [0.1, 0.15) is 37.3 Å². The Kier molecular flexibility index (Phi) is 4.97. The van der Waals surface area contributed by atoms with Crippen molar-refractivity contribution in [2.75, 3.05) is 6.61 Å². The molecule has 0 aliphatic heterocycles. The second kappa shape index (κ2) is 6.71. The van der Waals surface area contributed by atoms with E-state index >= 15 is 0 Å². The Morgan fingerprint density at radius 2 is 2.05 bits per heavy atom. The van der Waals surface area contributed by atoms with Gasteiger partial charge in [-0.2, -0.15) is 0 Å². The molecule has 0 spiro atoms. The van der Waals surface area contributed by atoms with E-state index in [-0.39, 0.29) is 17.9 Å². The van der Waals surface area contributed by atoms with Crippen LogP contribution in [0.3, 0.4) is 0 Å². The third kappa shape index (κ3) is 4.67. The predicted octanol–water partition coefficient (Wildman–Crippen LogP) is 2.82. The van der Waals surface area contributed by atoms with E-state index in [1.54, 1.807) is 0 Å². The Morgan fingerprint density at radius 3 is 2.63 bits per heavy atom.